The summed E-state index contributed by atoms with van der Waals surface area (Å²) in [6.07, 6.45) is 0. The number of carbonyl (C=O) groups excluding carboxylic acids is 1. The van der Waals surface area contributed by atoms with Crippen LogP contribution in [0.25, 0.3) is 0 Å². The number of hydrogen-bond donors (Lipinski definition) is 0. The molecule has 0 aromatic carbocycles. The molecule has 78 valence electrons. The predicted molar refractivity (Wildman–Crippen MR) is 42.3 cm³/mol. The van der Waals surface area contributed by atoms with E-state index in [-0.39, 0.29) is 13.1 Å². The second-order valence-electron chi connectivity index (χ2n) is 3.49. The molecule has 6 heteroatoms. The van der Waals surface area contributed by atoms with Gasteiger partial charge in [-0.05, 0) is 6.92 Å². The average molecular weight is 204 g/mol. The Bertz CT molecular complexity index is 269. The van der Waals surface area contributed by atoms with Gasteiger partial charge in [0.25, 0.3) is 0 Å². The van der Waals surface area contributed by atoms with Crippen molar-refractivity contribution in [2.45, 2.75) is 13.5 Å². The highest BCUT2D eigenvalue weighted by Gasteiger charge is 2.41. The monoisotopic (exact) mass is 204 g/mol. The van der Waals surface area contributed by atoms with E-state index in [2.05, 4.69) is 4.74 Å². The van der Waals surface area contributed by atoms with Crippen molar-refractivity contribution < 1.29 is 18.3 Å². The van der Waals surface area contributed by atoms with Crippen LogP contribution in [0, 0.1) is 16.7 Å². The molecular formula is C8H10F2N2O2. The van der Waals surface area contributed by atoms with E-state index in [1.54, 1.807) is 6.92 Å². The molecule has 1 amide bonds. The van der Waals surface area contributed by atoms with E-state index in [1.165, 1.54) is 4.90 Å². The van der Waals surface area contributed by atoms with E-state index in [0.29, 0.717) is 0 Å². The van der Waals surface area contributed by atoms with Crippen LogP contribution in [0.5, 0.6) is 0 Å². The van der Waals surface area contributed by atoms with E-state index in [1.807, 2.05) is 6.07 Å². The van der Waals surface area contributed by atoms with Crippen LogP contribution in [0.3, 0.4) is 0 Å². The highest BCUT2D eigenvalue weighted by molar-refractivity contribution is 5.78. The van der Waals surface area contributed by atoms with Crippen LogP contribution in [0.1, 0.15) is 6.92 Å². The van der Waals surface area contributed by atoms with Crippen LogP contribution < -0.4 is 0 Å². The smallest absolute Gasteiger partial charge is 0.337 e. The van der Waals surface area contributed by atoms with Crippen molar-refractivity contribution in [1.82, 2.24) is 4.90 Å². The minimum absolute atomic E-state index is 0.287. The van der Waals surface area contributed by atoms with Crippen LogP contribution in [0.4, 0.5) is 8.78 Å². The number of halogens is 2. The van der Waals surface area contributed by atoms with E-state index in [0.717, 1.165) is 0 Å². The number of likely N-dealkylation sites (tertiary alicyclic amines) is 1. The Morgan fingerprint density at radius 1 is 1.71 bits per heavy atom. The largest absolute Gasteiger partial charge is 0.345 e. The molecule has 1 heterocycles. The van der Waals surface area contributed by atoms with Crippen LogP contribution in [-0.4, -0.2) is 37.1 Å². The lowest BCUT2D eigenvalue weighted by atomic mass is 9.84. The lowest BCUT2D eigenvalue weighted by molar-refractivity contribution is -0.165. The summed E-state index contributed by atoms with van der Waals surface area (Å²) < 4.78 is 27.0. The van der Waals surface area contributed by atoms with Crippen molar-refractivity contribution >= 4 is 5.91 Å². The first-order chi connectivity index (χ1) is 6.47. The fourth-order valence-electron chi connectivity index (χ4n) is 1.27. The number of ether oxygens (including phenoxy) is 1. The van der Waals surface area contributed by atoms with Gasteiger partial charge in [-0.2, -0.15) is 14.0 Å². The molecule has 0 atom stereocenters. The van der Waals surface area contributed by atoms with Gasteiger partial charge in [-0.1, -0.05) is 0 Å². The number of nitrogens with zero attached hydrogens (tertiary/aromatic N) is 2. The Morgan fingerprint density at radius 2 is 2.29 bits per heavy atom. The normalized spacial score (nSPS) is 18.9. The Morgan fingerprint density at radius 3 is 2.71 bits per heavy atom. The lowest BCUT2D eigenvalue weighted by Crippen LogP contribution is -2.57. The molecule has 0 unspecified atom stereocenters. The second kappa shape index (κ2) is 3.88. The molecule has 0 N–H and O–H groups in total. The Labute approximate surface area is 80.0 Å². The molecule has 0 aromatic rings. The van der Waals surface area contributed by atoms with Gasteiger partial charge in [-0.15, -0.1) is 0 Å². The minimum Gasteiger partial charge on any atom is -0.337 e. The van der Waals surface area contributed by atoms with Crippen LogP contribution in [0.2, 0.25) is 0 Å². The summed E-state index contributed by atoms with van der Waals surface area (Å²) >= 11 is 0. The zero-order valence-corrected chi connectivity index (χ0v) is 7.67. The molecule has 1 aliphatic heterocycles. The average Bonchev–Trinajstić information content (AvgIpc) is 2.09. The highest BCUT2D eigenvalue weighted by Crippen LogP contribution is 2.28. The quantitative estimate of drug-likeness (QED) is 0.676. The number of hydrogen-bond acceptors (Lipinski definition) is 3. The van der Waals surface area contributed by atoms with E-state index in [9.17, 15) is 13.6 Å². The van der Waals surface area contributed by atoms with Gasteiger partial charge in [-0.25, -0.2) is 0 Å². The van der Waals surface area contributed by atoms with Crippen LogP contribution in [0.15, 0.2) is 0 Å². The van der Waals surface area contributed by atoms with Gasteiger partial charge in [0.2, 0.25) is 5.91 Å². The van der Waals surface area contributed by atoms with E-state index >= 15 is 0 Å². The van der Waals surface area contributed by atoms with Gasteiger partial charge in [0.1, 0.15) is 6.61 Å². The van der Waals surface area contributed by atoms with E-state index in [4.69, 9.17) is 5.26 Å². The fraction of sp³-hybridized carbons (Fsp3) is 0.750. The maximum atomic E-state index is 11.6. The van der Waals surface area contributed by atoms with Gasteiger partial charge < -0.3 is 9.64 Å². The van der Waals surface area contributed by atoms with Crippen molar-refractivity contribution in [2.24, 2.45) is 5.41 Å². The van der Waals surface area contributed by atoms with E-state index < -0.39 is 24.5 Å². The molecule has 0 radical (unpaired) electrons. The number of nitriles is 1. The van der Waals surface area contributed by atoms with Crippen LogP contribution in [-0.2, 0) is 9.53 Å². The molecule has 0 aromatic heterocycles. The molecule has 1 fully saturated rings. The number of alkyl halides is 2. The molecule has 1 aliphatic rings. The van der Waals surface area contributed by atoms with Gasteiger partial charge in [-0.3, -0.25) is 4.79 Å². The van der Waals surface area contributed by atoms with Crippen molar-refractivity contribution in [3.05, 3.63) is 0 Å². The number of amides is 1. The maximum Gasteiger partial charge on any atom is 0.345 e. The third kappa shape index (κ3) is 2.39. The summed E-state index contributed by atoms with van der Waals surface area (Å²) in [5.41, 5.74) is -0.527. The number of carbonyl (C=O) groups is 1. The summed E-state index contributed by atoms with van der Waals surface area (Å²) in [5, 5.41) is 8.62. The first-order valence-corrected chi connectivity index (χ1v) is 4.06. The third-order valence-corrected chi connectivity index (χ3v) is 2.04. The molecule has 0 spiro atoms. The molecule has 14 heavy (non-hydrogen) atoms. The first kappa shape index (κ1) is 10.9. The molecule has 4 nitrogen and oxygen atoms in total. The van der Waals surface area contributed by atoms with Crippen molar-refractivity contribution in [3.8, 4) is 6.07 Å². The van der Waals surface area contributed by atoms with Crippen molar-refractivity contribution in [2.75, 3.05) is 19.7 Å². The second-order valence-corrected chi connectivity index (χ2v) is 3.49. The molecule has 1 saturated heterocycles. The van der Waals surface area contributed by atoms with Crippen LogP contribution >= 0.6 is 0 Å². The fourth-order valence-corrected chi connectivity index (χ4v) is 1.27. The van der Waals surface area contributed by atoms with Gasteiger partial charge in [0.15, 0.2) is 0 Å². The molecule has 0 saturated carbocycles. The standard InChI is InChI=1S/C8H10F2N2O2/c1-8(3-11)4-12(5-8)6(13)2-14-7(9)10/h7H,2,4-5H2,1H3. The molecule has 1 rings (SSSR count). The Hall–Kier alpha value is -1.22. The summed E-state index contributed by atoms with van der Waals surface area (Å²) in [5.74, 6) is -0.502. The predicted octanol–water partition coefficient (Wildman–Crippen LogP) is 0.598. The minimum atomic E-state index is -2.93. The first-order valence-electron chi connectivity index (χ1n) is 4.06. The zero-order chi connectivity index (χ0) is 10.8. The van der Waals surface area contributed by atoms with Gasteiger partial charge in [0, 0.05) is 13.1 Å². The summed E-state index contributed by atoms with van der Waals surface area (Å²) in [6, 6.07) is 2.04. The molecule has 0 aliphatic carbocycles. The Balaban J connectivity index is 2.27. The molecular weight excluding hydrogens is 194 g/mol. The zero-order valence-electron chi connectivity index (χ0n) is 7.67. The summed E-state index contributed by atoms with van der Waals surface area (Å²) in [7, 11) is 0. The molecule has 0 bridgehead atoms. The third-order valence-electron chi connectivity index (χ3n) is 2.04. The van der Waals surface area contributed by atoms with Crippen molar-refractivity contribution in [1.29, 1.82) is 5.26 Å². The number of rotatable bonds is 3. The summed E-state index contributed by atoms with van der Waals surface area (Å²) in [6.45, 7) is -1.27. The summed E-state index contributed by atoms with van der Waals surface area (Å²) in [4.78, 5) is 12.4. The van der Waals surface area contributed by atoms with Crippen molar-refractivity contribution in [3.63, 3.8) is 0 Å². The highest BCUT2D eigenvalue weighted by atomic mass is 19.3. The lowest BCUT2D eigenvalue weighted by Gasteiger charge is -2.43. The SMILES string of the molecule is CC1(C#N)CN(C(=O)COC(F)F)C1. The van der Waals surface area contributed by atoms with Gasteiger partial charge >= 0.3 is 6.61 Å². The topological polar surface area (TPSA) is 53.3 Å². The maximum absolute atomic E-state index is 11.6. The Kier molecular flexibility index (Phi) is 3.01. The van der Waals surface area contributed by atoms with Gasteiger partial charge in [0.05, 0.1) is 11.5 Å².